The summed E-state index contributed by atoms with van der Waals surface area (Å²) in [5.74, 6) is 0.893. The number of aryl methyl sites for hydroxylation is 1. The lowest BCUT2D eigenvalue weighted by atomic mass is 9.77. The first-order chi connectivity index (χ1) is 10.2. The lowest BCUT2D eigenvalue weighted by Gasteiger charge is -2.45. The van der Waals surface area contributed by atoms with Crippen molar-refractivity contribution >= 4 is 15.9 Å². The Balaban J connectivity index is 1.78. The van der Waals surface area contributed by atoms with Gasteiger partial charge < -0.3 is 5.73 Å². The van der Waals surface area contributed by atoms with Crippen LogP contribution in [-0.2, 0) is 12.8 Å². The van der Waals surface area contributed by atoms with Crippen LogP contribution < -0.4 is 5.73 Å². The third kappa shape index (κ3) is 3.06. The molecule has 1 fully saturated rings. The lowest BCUT2D eigenvalue weighted by Crippen LogP contribution is -2.56. The van der Waals surface area contributed by atoms with E-state index in [1.165, 1.54) is 60.8 Å². The fourth-order valence-electron chi connectivity index (χ4n) is 4.29. The highest BCUT2D eigenvalue weighted by Gasteiger charge is 2.41. The maximum absolute atomic E-state index is 6.27. The average molecular weight is 351 g/mol. The number of fused-ring (bicyclic) bond motifs is 1. The normalized spacial score (nSPS) is 29.6. The van der Waals surface area contributed by atoms with Crippen molar-refractivity contribution in [2.24, 2.45) is 11.7 Å². The van der Waals surface area contributed by atoms with Crippen LogP contribution in [0.15, 0.2) is 22.7 Å². The molecular weight excluding hydrogens is 324 g/mol. The SMILES string of the molecule is CCCC1CCN(C2(CN)CCc3cc(Br)ccc3C2)C1. The molecule has 0 amide bonds. The van der Waals surface area contributed by atoms with Crippen LogP contribution in [-0.4, -0.2) is 30.1 Å². The summed E-state index contributed by atoms with van der Waals surface area (Å²) in [4.78, 5) is 2.72. The van der Waals surface area contributed by atoms with Gasteiger partial charge >= 0.3 is 0 Å². The molecule has 1 aliphatic carbocycles. The van der Waals surface area contributed by atoms with Crippen molar-refractivity contribution in [3.8, 4) is 0 Å². The largest absolute Gasteiger partial charge is 0.329 e. The minimum Gasteiger partial charge on any atom is -0.329 e. The Bertz CT molecular complexity index is 502. The van der Waals surface area contributed by atoms with Crippen LogP contribution in [0.1, 0.15) is 43.7 Å². The molecule has 21 heavy (non-hydrogen) atoms. The van der Waals surface area contributed by atoms with Crippen LogP contribution in [0.4, 0.5) is 0 Å². The first kappa shape index (κ1) is 15.5. The fourth-order valence-corrected chi connectivity index (χ4v) is 4.70. The van der Waals surface area contributed by atoms with Crippen LogP contribution in [0.2, 0.25) is 0 Å². The zero-order valence-electron chi connectivity index (χ0n) is 13.1. The summed E-state index contributed by atoms with van der Waals surface area (Å²) >= 11 is 3.59. The van der Waals surface area contributed by atoms with Gasteiger partial charge in [0.25, 0.3) is 0 Å². The zero-order chi connectivity index (χ0) is 14.9. The highest BCUT2D eigenvalue weighted by Crippen LogP contribution is 2.37. The van der Waals surface area contributed by atoms with E-state index >= 15 is 0 Å². The monoisotopic (exact) mass is 350 g/mol. The van der Waals surface area contributed by atoms with Crippen molar-refractivity contribution in [3.63, 3.8) is 0 Å². The molecule has 1 aromatic carbocycles. The molecular formula is C18H27BrN2. The Labute approximate surface area is 137 Å². The van der Waals surface area contributed by atoms with Crippen molar-refractivity contribution in [3.05, 3.63) is 33.8 Å². The van der Waals surface area contributed by atoms with Gasteiger partial charge in [0.15, 0.2) is 0 Å². The highest BCUT2D eigenvalue weighted by molar-refractivity contribution is 9.10. The molecule has 0 radical (unpaired) electrons. The quantitative estimate of drug-likeness (QED) is 0.895. The van der Waals surface area contributed by atoms with Crippen molar-refractivity contribution in [1.82, 2.24) is 4.90 Å². The maximum Gasteiger partial charge on any atom is 0.0375 e. The van der Waals surface area contributed by atoms with Gasteiger partial charge in [-0.25, -0.2) is 0 Å². The number of nitrogens with zero attached hydrogens (tertiary/aromatic N) is 1. The maximum atomic E-state index is 6.27. The van der Waals surface area contributed by atoms with E-state index in [9.17, 15) is 0 Å². The molecule has 2 unspecified atom stereocenters. The summed E-state index contributed by atoms with van der Waals surface area (Å²) in [7, 11) is 0. The van der Waals surface area contributed by atoms with Crippen LogP contribution in [0.3, 0.4) is 0 Å². The average Bonchev–Trinajstić information content (AvgIpc) is 2.96. The van der Waals surface area contributed by atoms with E-state index in [1.54, 1.807) is 0 Å². The molecule has 1 aromatic rings. The van der Waals surface area contributed by atoms with Gasteiger partial charge in [0.2, 0.25) is 0 Å². The number of hydrogen-bond donors (Lipinski definition) is 1. The molecule has 2 aliphatic rings. The van der Waals surface area contributed by atoms with Crippen molar-refractivity contribution in [2.75, 3.05) is 19.6 Å². The second-order valence-corrected chi connectivity index (χ2v) is 7.82. The zero-order valence-corrected chi connectivity index (χ0v) is 14.7. The van der Waals surface area contributed by atoms with E-state index in [0.717, 1.165) is 18.9 Å². The smallest absolute Gasteiger partial charge is 0.0375 e. The summed E-state index contributed by atoms with van der Waals surface area (Å²) in [6.45, 7) is 5.60. The molecule has 0 spiro atoms. The third-order valence-electron chi connectivity index (χ3n) is 5.58. The molecule has 1 heterocycles. The highest BCUT2D eigenvalue weighted by atomic mass is 79.9. The van der Waals surface area contributed by atoms with Gasteiger partial charge in [-0.3, -0.25) is 4.90 Å². The van der Waals surface area contributed by atoms with Crippen LogP contribution in [0, 0.1) is 5.92 Å². The summed E-state index contributed by atoms with van der Waals surface area (Å²) < 4.78 is 1.20. The summed E-state index contributed by atoms with van der Waals surface area (Å²) in [6, 6.07) is 6.76. The van der Waals surface area contributed by atoms with Gasteiger partial charge in [-0.05, 0) is 67.8 Å². The van der Waals surface area contributed by atoms with E-state index < -0.39 is 0 Å². The van der Waals surface area contributed by atoms with Gasteiger partial charge in [-0.2, -0.15) is 0 Å². The van der Waals surface area contributed by atoms with Crippen LogP contribution >= 0.6 is 15.9 Å². The van der Waals surface area contributed by atoms with Crippen LogP contribution in [0.5, 0.6) is 0 Å². The van der Waals surface area contributed by atoms with Gasteiger partial charge in [0.05, 0.1) is 0 Å². The Hall–Kier alpha value is -0.380. The fraction of sp³-hybridized carbons (Fsp3) is 0.667. The van der Waals surface area contributed by atoms with Crippen LogP contribution in [0.25, 0.3) is 0 Å². The van der Waals surface area contributed by atoms with E-state index in [2.05, 4.69) is 46.0 Å². The van der Waals surface area contributed by atoms with Gasteiger partial charge in [0, 0.05) is 23.1 Å². The second-order valence-electron chi connectivity index (χ2n) is 6.91. The summed E-state index contributed by atoms with van der Waals surface area (Å²) in [5.41, 5.74) is 9.51. The summed E-state index contributed by atoms with van der Waals surface area (Å²) in [6.07, 6.45) is 7.56. The van der Waals surface area contributed by atoms with Crippen molar-refractivity contribution < 1.29 is 0 Å². The molecule has 2 N–H and O–H groups in total. The molecule has 0 saturated carbocycles. The van der Waals surface area contributed by atoms with Gasteiger partial charge in [-0.15, -0.1) is 0 Å². The molecule has 0 bridgehead atoms. The van der Waals surface area contributed by atoms with E-state index in [-0.39, 0.29) is 5.54 Å². The minimum atomic E-state index is 0.212. The van der Waals surface area contributed by atoms with Gasteiger partial charge in [-0.1, -0.05) is 35.3 Å². The molecule has 0 aromatic heterocycles. The predicted molar refractivity (Wildman–Crippen MR) is 92.5 cm³/mol. The Morgan fingerprint density at radius 2 is 2.24 bits per heavy atom. The number of halogens is 1. The molecule has 2 atom stereocenters. The second kappa shape index (κ2) is 6.39. The Morgan fingerprint density at radius 1 is 1.38 bits per heavy atom. The number of likely N-dealkylation sites (tertiary alicyclic amines) is 1. The standard InChI is InChI=1S/C18H27BrN2/c1-2-3-14-7-9-21(12-14)18(13-20)8-6-15-10-17(19)5-4-16(15)11-18/h4-5,10,14H,2-3,6-9,11-13,20H2,1H3. The third-order valence-corrected chi connectivity index (χ3v) is 6.07. The molecule has 116 valence electrons. The molecule has 2 nitrogen and oxygen atoms in total. The topological polar surface area (TPSA) is 29.3 Å². The van der Waals surface area contributed by atoms with Crippen molar-refractivity contribution in [2.45, 2.75) is 51.0 Å². The van der Waals surface area contributed by atoms with Gasteiger partial charge in [0.1, 0.15) is 0 Å². The first-order valence-electron chi connectivity index (χ1n) is 8.39. The Morgan fingerprint density at radius 3 is 3.00 bits per heavy atom. The molecule has 1 saturated heterocycles. The molecule has 1 aliphatic heterocycles. The molecule has 3 rings (SSSR count). The number of benzene rings is 1. The number of nitrogens with two attached hydrogens (primary N) is 1. The van der Waals surface area contributed by atoms with Crippen molar-refractivity contribution in [1.29, 1.82) is 0 Å². The van der Waals surface area contributed by atoms with E-state index in [1.807, 2.05) is 0 Å². The van der Waals surface area contributed by atoms with E-state index in [4.69, 9.17) is 5.73 Å². The minimum absolute atomic E-state index is 0.212. The molecule has 3 heteroatoms. The number of hydrogen-bond acceptors (Lipinski definition) is 2. The lowest BCUT2D eigenvalue weighted by molar-refractivity contribution is 0.102. The first-order valence-corrected chi connectivity index (χ1v) is 9.18. The number of rotatable bonds is 4. The Kier molecular flexibility index (Phi) is 4.72. The predicted octanol–water partition coefficient (Wildman–Crippen LogP) is 3.76. The van der Waals surface area contributed by atoms with E-state index in [0.29, 0.717) is 0 Å². The summed E-state index contributed by atoms with van der Waals surface area (Å²) in [5, 5.41) is 0.